The van der Waals surface area contributed by atoms with E-state index in [2.05, 4.69) is 5.32 Å². The SMILES string of the molecule is Cc1ccc2nc(N3CCS(O)(O)c4ccccc4C3)cc(NC(=O)CCl)c2c1. The third-order valence-corrected chi connectivity index (χ3v) is 7.10. The van der Waals surface area contributed by atoms with E-state index >= 15 is 0 Å². The van der Waals surface area contributed by atoms with Gasteiger partial charge in [-0.25, -0.2) is 4.98 Å². The van der Waals surface area contributed by atoms with Gasteiger partial charge in [0.05, 0.1) is 21.9 Å². The van der Waals surface area contributed by atoms with Gasteiger partial charge in [0.15, 0.2) is 0 Å². The molecular weight excluding hydrogens is 410 g/mol. The van der Waals surface area contributed by atoms with Gasteiger partial charge in [0, 0.05) is 24.5 Å². The number of benzene rings is 2. The molecule has 0 saturated heterocycles. The van der Waals surface area contributed by atoms with Crippen LogP contribution in [0.15, 0.2) is 53.4 Å². The minimum atomic E-state index is -2.86. The summed E-state index contributed by atoms with van der Waals surface area (Å²) in [6, 6.07) is 15.1. The van der Waals surface area contributed by atoms with Crippen molar-refractivity contribution in [3.63, 3.8) is 0 Å². The van der Waals surface area contributed by atoms with Crippen molar-refractivity contribution in [3.8, 4) is 0 Å². The van der Waals surface area contributed by atoms with Crippen molar-refractivity contribution < 1.29 is 13.9 Å². The van der Waals surface area contributed by atoms with Crippen molar-refractivity contribution in [2.24, 2.45) is 0 Å². The third-order valence-electron chi connectivity index (χ3n) is 5.00. The summed E-state index contributed by atoms with van der Waals surface area (Å²) in [6.45, 7) is 2.92. The summed E-state index contributed by atoms with van der Waals surface area (Å²) in [6.07, 6.45) is 0. The van der Waals surface area contributed by atoms with E-state index in [1.807, 2.05) is 54.3 Å². The number of amides is 1. The average molecular weight is 432 g/mol. The van der Waals surface area contributed by atoms with Crippen molar-refractivity contribution in [2.75, 3.05) is 28.4 Å². The van der Waals surface area contributed by atoms with Gasteiger partial charge in [0.1, 0.15) is 11.7 Å². The number of fused-ring (bicyclic) bond motifs is 2. The summed E-state index contributed by atoms with van der Waals surface area (Å²) in [5.74, 6) is 0.462. The van der Waals surface area contributed by atoms with Crippen LogP contribution in [-0.2, 0) is 11.3 Å². The maximum absolute atomic E-state index is 12.0. The monoisotopic (exact) mass is 431 g/mol. The molecular formula is C21H22ClN3O3S. The standard InChI is InChI=1S/C21H22ClN3O3S/c1-14-6-7-17-16(10-14)18(24-21(26)12-22)11-20(23-17)25-8-9-29(27,28)19-5-3-2-4-15(19)13-25/h2-7,10-11,27-28H,8-9,12-13H2,1H3,(H,23,24,26). The quantitative estimate of drug-likeness (QED) is 0.516. The maximum atomic E-state index is 12.0. The predicted octanol–water partition coefficient (Wildman–Crippen LogP) is 4.85. The number of rotatable bonds is 3. The van der Waals surface area contributed by atoms with Crippen LogP contribution in [-0.4, -0.2) is 38.2 Å². The Kier molecular flexibility index (Phi) is 5.40. The first-order valence-corrected chi connectivity index (χ1v) is 11.5. The van der Waals surface area contributed by atoms with E-state index in [1.54, 1.807) is 6.07 Å². The largest absolute Gasteiger partial charge is 0.351 e. The normalized spacial score (nSPS) is 16.8. The summed E-state index contributed by atoms with van der Waals surface area (Å²) in [4.78, 5) is 19.3. The van der Waals surface area contributed by atoms with Crippen molar-refractivity contribution in [1.82, 2.24) is 4.98 Å². The Morgan fingerprint density at radius 2 is 2.03 bits per heavy atom. The molecule has 152 valence electrons. The topological polar surface area (TPSA) is 85.7 Å². The number of halogens is 1. The zero-order chi connectivity index (χ0) is 20.6. The van der Waals surface area contributed by atoms with Crippen LogP contribution in [0.5, 0.6) is 0 Å². The molecule has 2 heterocycles. The summed E-state index contributed by atoms with van der Waals surface area (Å²) in [7, 11) is -2.86. The molecule has 0 saturated carbocycles. The molecule has 0 unspecified atom stereocenters. The first-order valence-electron chi connectivity index (χ1n) is 9.23. The molecule has 3 aromatic rings. The molecule has 0 spiro atoms. The van der Waals surface area contributed by atoms with Crippen molar-refractivity contribution in [1.29, 1.82) is 0 Å². The molecule has 0 aliphatic carbocycles. The van der Waals surface area contributed by atoms with Gasteiger partial charge in [-0.3, -0.25) is 13.9 Å². The number of pyridine rings is 1. The smallest absolute Gasteiger partial charge is 0.239 e. The second-order valence-corrected chi connectivity index (χ2v) is 9.58. The molecule has 1 aromatic heterocycles. The molecule has 0 atom stereocenters. The average Bonchev–Trinajstić information content (AvgIpc) is 2.84. The fourth-order valence-corrected chi connectivity index (χ4v) is 5.17. The highest BCUT2D eigenvalue weighted by Gasteiger charge is 2.26. The van der Waals surface area contributed by atoms with Gasteiger partial charge in [-0.05, 0) is 30.7 Å². The van der Waals surface area contributed by atoms with E-state index in [4.69, 9.17) is 16.6 Å². The van der Waals surface area contributed by atoms with Crippen LogP contribution in [0, 0.1) is 6.92 Å². The van der Waals surface area contributed by atoms with Crippen LogP contribution < -0.4 is 10.2 Å². The fraction of sp³-hybridized carbons (Fsp3) is 0.238. The van der Waals surface area contributed by atoms with Crippen LogP contribution in [0.3, 0.4) is 0 Å². The van der Waals surface area contributed by atoms with Crippen molar-refractivity contribution >= 4 is 50.5 Å². The molecule has 0 fully saturated rings. The number of nitrogens with zero attached hydrogens (tertiary/aromatic N) is 2. The number of carbonyl (C=O) groups excluding carboxylic acids is 1. The number of carbonyl (C=O) groups is 1. The van der Waals surface area contributed by atoms with Gasteiger partial charge in [0.25, 0.3) is 0 Å². The first-order chi connectivity index (χ1) is 13.9. The van der Waals surface area contributed by atoms with Gasteiger partial charge in [-0.15, -0.1) is 11.6 Å². The molecule has 3 N–H and O–H groups in total. The summed E-state index contributed by atoms with van der Waals surface area (Å²) >= 11 is 5.69. The predicted molar refractivity (Wildman–Crippen MR) is 119 cm³/mol. The van der Waals surface area contributed by atoms with Crippen LogP contribution in [0.4, 0.5) is 11.5 Å². The van der Waals surface area contributed by atoms with Gasteiger partial charge < -0.3 is 10.2 Å². The van der Waals surface area contributed by atoms with E-state index in [0.29, 0.717) is 29.5 Å². The number of nitrogens with one attached hydrogen (secondary N) is 1. The zero-order valence-corrected chi connectivity index (χ0v) is 17.5. The molecule has 8 heteroatoms. The Labute approximate surface area is 175 Å². The number of hydrogen-bond acceptors (Lipinski definition) is 5. The zero-order valence-electron chi connectivity index (χ0n) is 15.9. The number of anilines is 2. The van der Waals surface area contributed by atoms with Gasteiger partial charge in [0.2, 0.25) is 5.91 Å². The molecule has 0 bridgehead atoms. The van der Waals surface area contributed by atoms with Gasteiger partial charge in [-0.1, -0.05) is 29.8 Å². The van der Waals surface area contributed by atoms with E-state index in [-0.39, 0.29) is 17.5 Å². The highest BCUT2D eigenvalue weighted by Crippen LogP contribution is 2.51. The van der Waals surface area contributed by atoms with Crippen LogP contribution in [0.2, 0.25) is 0 Å². The molecule has 1 aliphatic heterocycles. The molecule has 1 aliphatic rings. The van der Waals surface area contributed by atoms with Crippen LogP contribution in [0.25, 0.3) is 10.9 Å². The number of aryl methyl sites for hydroxylation is 1. The number of hydrogen-bond donors (Lipinski definition) is 3. The molecule has 0 radical (unpaired) electrons. The molecule has 1 amide bonds. The van der Waals surface area contributed by atoms with Crippen molar-refractivity contribution in [2.45, 2.75) is 18.4 Å². The Balaban J connectivity index is 1.80. The van der Waals surface area contributed by atoms with E-state index in [1.165, 1.54) is 0 Å². The second-order valence-electron chi connectivity index (χ2n) is 7.13. The highest BCUT2D eigenvalue weighted by molar-refractivity contribution is 8.24. The van der Waals surface area contributed by atoms with Gasteiger partial charge in [-0.2, -0.15) is 10.6 Å². The first kappa shape index (κ1) is 20.0. The summed E-state index contributed by atoms with van der Waals surface area (Å²) in [5, 5.41) is 3.70. The highest BCUT2D eigenvalue weighted by atomic mass is 35.5. The van der Waals surface area contributed by atoms with E-state index < -0.39 is 10.6 Å². The lowest BCUT2D eigenvalue weighted by molar-refractivity contribution is -0.113. The molecule has 29 heavy (non-hydrogen) atoms. The van der Waals surface area contributed by atoms with Gasteiger partial charge >= 0.3 is 0 Å². The summed E-state index contributed by atoms with van der Waals surface area (Å²) in [5.41, 5.74) is 3.32. The molecule has 4 rings (SSSR count). The number of aromatic nitrogens is 1. The lowest BCUT2D eigenvalue weighted by Gasteiger charge is -2.32. The van der Waals surface area contributed by atoms with Crippen LogP contribution >= 0.6 is 22.2 Å². The Morgan fingerprint density at radius 1 is 1.24 bits per heavy atom. The fourth-order valence-electron chi connectivity index (χ4n) is 3.56. The Morgan fingerprint density at radius 3 is 2.83 bits per heavy atom. The Bertz CT molecular complexity index is 1090. The van der Waals surface area contributed by atoms with Crippen molar-refractivity contribution in [3.05, 3.63) is 59.7 Å². The second kappa shape index (κ2) is 7.84. The van der Waals surface area contributed by atoms with Crippen LogP contribution in [0.1, 0.15) is 11.1 Å². The minimum Gasteiger partial charge on any atom is -0.351 e. The van der Waals surface area contributed by atoms with E-state index in [9.17, 15) is 13.9 Å². The van der Waals surface area contributed by atoms with E-state index in [0.717, 1.165) is 22.0 Å². The summed E-state index contributed by atoms with van der Waals surface area (Å²) < 4.78 is 21.2. The maximum Gasteiger partial charge on any atom is 0.239 e. The third kappa shape index (κ3) is 4.04. The Hall–Kier alpha value is -2.32. The molecule has 6 nitrogen and oxygen atoms in total. The molecule has 2 aromatic carbocycles. The lowest BCUT2D eigenvalue weighted by Crippen LogP contribution is -2.26. The lowest BCUT2D eigenvalue weighted by atomic mass is 10.1. The number of alkyl halides is 1. The minimum absolute atomic E-state index is 0.136.